The number of carbonyl (C=O) groups excluding carboxylic acids is 1. The van der Waals surface area contributed by atoms with Gasteiger partial charge < -0.3 is 10.1 Å². The summed E-state index contributed by atoms with van der Waals surface area (Å²) in [7, 11) is -1.85. The Morgan fingerprint density at radius 2 is 1.96 bits per heavy atom. The molecule has 1 saturated heterocycles. The molecular weight excluding hydrogens is 376 g/mol. The molecule has 0 saturated carbocycles. The second kappa shape index (κ2) is 7.55. The number of halogens is 1. The molecule has 138 valence electrons. The standard InChI is InChI=1S/C18H19ClN2O4S/c1-25-17-7-3-2-6-16(17)20-18(22)14-12-13(8-9-15(14)19)21-10-4-5-11-26(21,23)24/h2-3,6-9,12H,4-5,10-11H2,1H3,(H,20,22). The van der Waals surface area contributed by atoms with Crippen LogP contribution in [0.3, 0.4) is 0 Å². The topological polar surface area (TPSA) is 75.7 Å². The van der Waals surface area contributed by atoms with Crippen LogP contribution in [0.4, 0.5) is 11.4 Å². The molecule has 1 aliphatic rings. The Hall–Kier alpha value is -2.25. The number of nitrogens with one attached hydrogen (secondary N) is 1. The van der Waals surface area contributed by atoms with E-state index in [0.29, 0.717) is 30.1 Å². The Morgan fingerprint density at radius 3 is 2.69 bits per heavy atom. The van der Waals surface area contributed by atoms with Crippen LogP contribution in [-0.4, -0.2) is 33.7 Å². The largest absolute Gasteiger partial charge is 0.495 e. The van der Waals surface area contributed by atoms with Crippen molar-refractivity contribution in [1.29, 1.82) is 0 Å². The fraction of sp³-hybridized carbons (Fsp3) is 0.278. The number of amides is 1. The molecule has 1 N–H and O–H groups in total. The minimum Gasteiger partial charge on any atom is -0.495 e. The van der Waals surface area contributed by atoms with Gasteiger partial charge in [-0.05, 0) is 43.2 Å². The average molecular weight is 395 g/mol. The summed E-state index contributed by atoms with van der Waals surface area (Å²) in [6, 6.07) is 11.7. The smallest absolute Gasteiger partial charge is 0.257 e. The van der Waals surface area contributed by atoms with Gasteiger partial charge in [-0.3, -0.25) is 9.10 Å². The van der Waals surface area contributed by atoms with E-state index in [9.17, 15) is 13.2 Å². The SMILES string of the molecule is COc1ccccc1NC(=O)c1cc(N2CCCCS2(=O)=O)ccc1Cl. The van der Waals surface area contributed by atoms with E-state index in [2.05, 4.69) is 5.32 Å². The zero-order chi connectivity index (χ0) is 18.7. The Labute approximate surface area is 157 Å². The van der Waals surface area contributed by atoms with Gasteiger partial charge in [0.25, 0.3) is 5.91 Å². The highest BCUT2D eigenvalue weighted by atomic mass is 35.5. The number of sulfonamides is 1. The Morgan fingerprint density at radius 1 is 1.19 bits per heavy atom. The molecule has 0 radical (unpaired) electrons. The maximum Gasteiger partial charge on any atom is 0.257 e. The number of para-hydroxylation sites is 2. The molecule has 0 aliphatic carbocycles. The lowest BCUT2D eigenvalue weighted by atomic mass is 10.1. The minimum absolute atomic E-state index is 0.109. The maximum absolute atomic E-state index is 12.7. The van der Waals surface area contributed by atoms with Gasteiger partial charge in [0.15, 0.2) is 0 Å². The van der Waals surface area contributed by atoms with Crippen LogP contribution < -0.4 is 14.4 Å². The minimum atomic E-state index is -3.36. The van der Waals surface area contributed by atoms with Gasteiger partial charge in [0.2, 0.25) is 10.0 Å². The monoisotopic (exact) mass is 394 g/mol. The van der Waals surface area contributed by atoms with Crippen molar-refractivity contribution < 1.29 is 17.9 Å². The van der Waals surface area contributed by atoms with Crippen LogP contribution in [0.5, 0.6) is 5.75 Å². The van der Waals surface area contributed by atoms with Crippen LogP contribution in [0, 0.1) is 0 Å². The van der Waals surface area contributed by atoms with Crippen molar-refractivity contribution in [2.24, 2.45) is 0 Å². The number of ether oxygens (including phenoxy) is 1. The number of benzene rings is 2. The van der Waals surface area contributed by atoms with E-state index < -0.39 is 15.9 Å². The van der Waals surface area contributed by atoms with Gasteiger partial charge in [-0.1, -0.05) is 23.7 Å². The first kappa shape index (κ1) is 18.5. The predicted octanol–water partition coefficient (Wildman–Crippen LogP) is 3.53. The summed E-state index contributed by atoms with van der Waals surface area (Å²) in [5.74, 6) is 0.195. The molecule has 0 bridgehead atoms. The average Bonchev–Trinajstić information content (AvgIpc) is 2.62. The van der Waals surface area contributed by atoms with Crippen molar-refractivity contribution in [1.82, 2.24) is 0 Å². The molecule has 2 aromatic rings. The van der Waals surface area contributed by atoms with E-state index in [-0.39, 0.29) is 16.3 Å². The lowest BCUT2D eigenvalue weighted by Crippen LogP contribution is -2.38. The van der Waals surface area contributed by atoms with Crippen molar-refractivity contribution in [3.8, 4) is 5.75 Å². The van der Waals surface area contributed by atoms with Gasteiger partial charge in [0.1, 0.15) is 5.75 Å². The second-order valence-electron chi connectivity index (χ2n) is 5.91. The molecule has 0 unspecified atom stereocenters. The molecule has 6 nitrogen and oxygen atoms in total. The third kappa shape index (κ3) is 3.78. The summed E-state index contributed by atoms with van der Waals surface area (Å²) in [4.78, 5) is 12.7. The van der Waals surface area contributed by atoms with Crippen molar-refractivity contribution in [3.63, 3.8) is 0 Å². The van der Waals surface area contributed by atoms with Gasteiger partial charge in [0.05, 0.1) is 34.8 Å². The van der Waals surface area contributed by atoms with Gasteiger partial charge in [-0.2, -0.15) is 0 Å². The number of nitrogens with zero attached hydrogens (tertiary/aromatic N) is 1. The van der Waals surface area contributed by atoms with Crippen LogP contribution in [0.1, 0.15) is 23.2 Å². The molecule has 26 heavy (non-hydrogen) atoms. The first-order chi connectivity index (χ1) is 12.4. The summed E-state index contributed by atoms with van der Waals surface area (Å²) in [6.45, 7) is 0.400. The fourth-order valence-corrected chi connectivity index (χ4v) is 4.69. The third-order valence-corrected chi connectivity index (χ3v) is 6.39. The van der Waals surface area contributed by atoms with Crippen LogP contribution in [0.25, 0.3) is 0 Å². The van der Waals surface area contributed by atoms with Crippen molar-refractivity contribution >= 4 is 38.9 Å². The third-order valence-electron chi connectivity index (χ3n) is 4.19. The fourth-order valence-electron chi connectivity index (χ4n) is 2.86. The molecule has 0 atom stereocenters. The van der Waals surface area contributed by atoms with Crippen LogP contribution >= 0.6 is 11.6 Å². The zero-order valence-corrected chi connectivity index (χ0v) is 15.8. The highest BCUT2D eigenvalue weighted by Crippen LogP contribution is 2.29. The van der Waals surface area contributed by atoms with Crippen LogP contribution in [0.15, 0.2) is 42.5 Å². The van der Waals surface area contributed by atoms with Gasteiger partial charge in [0, 0.05) is 6.54 Å². The van der Waals surface area contributed by atoms with Gasteiger partial charge in [-0.15, -0.1) is 0 Å². The summed E-state index contributed by atoms with van der Waals surface area (Å²) in [5, 5.41) is 3.00. The molecule has 3 rings (SSSR count). The highest BCUT2D eigenvalue weighted by Gasteiger charge is 2.27. The zero-order valence-electron chi connectivity index (χ0n) is 14.2. The van der Waals surface area contributed by atoms with Crippen molar-refractivity contribution in [2.45, 2.75) is 12.8 Å². The maximum atomic E-state index is 12.7. The number of carbonyl (C=O) groups is 1. The Kier molecular flexibility index (Phi) is 5.38. The van der Waals surface area contributed by atoms with E-state index in [1.165, 1.54) is 23.5 Å². The second-order valence-corrected chi connectivity index (χ2v) is 8.33. The first-order valence-electron chi connectivity index (χ1n) is 8.17. The van der Waals surface area contributed by atoms with Gasteiger partial charge >= 0.3 is 0 Å². The molecule has 0 aromatic heterocycles. The normalized spacial score (nSPS) is 16.2. The summed E-state index contributed by atoms with van der Waals surface area (Å²) in [6.07, 6.45) is 1.43. The van der Waals surface area contributed by atoms with Gasteiger partial charge in [-0.25, -0.2) is 8.42 Å². The van der Waals surface area contributed by atoms with Crippen molar-refractivity contribution in [2.75, 3.05) is 29.0 Å². The lowest BCUT2D eigenvalue weighted by Gasteiger charge is -2.28. The molecule has 8 heteroatoms. The number of hydrogen-bond acceptors (Lipinski definition) is 4. The van der Waals surface area contributed by atoms with E-state index >= 15 is 0 Å². The quantitative estimate of drug-likeness (QED) is 0.860. The van der Waals surface area contributed by atoms with E-state index in [1.54, 1.807) is 30.3 Å². The lowest BCUT2D eigenvalue weighted by molar-refractivity contribution is 0.102. The van der Waals surface area contributed by atoms with Crippen LogP contribution in [-0.2, 0) is 10.0 Å². The summed E-state index contributed by atoms with van der Waals surface area (Å²) >= 11 is 6.18. The van der Waals surface area contributed by atoms with E-state index in [0.717, 1.165) is 6.42 Å². The molecule has 1 amide bonds. The van der Waals surface area contributed by atoms with Crippen LogP contribution in [0.2, 0.25) is 5.02 Å². The molecule has 0 spiro atoms. The number of hydrogen-bond donors (Lipinski definition) is 1. The Bertz CT molecular complexity index is 931. The molecule has 1 fully saturated rings. The highest BCUT2D eigenvalue weighted by molar-refractivity contribution is 7.92. The van der Waals surface area contributed by atoms with Crippen molar-refractivity contribution in [3.05, 3.63) is 53.1 Å². The van der Waals surface area contributed by atoms with E-state index in [4.69, 9.17) is 16.3 Å². The number of anilines is 2. The first-order valence-corrected chi connectivity index (χ1v) is 10.2. The van der Waals surface area contributed by atoms with E-state index in [1.807, 2.05) is 0 Å². The summed E-state index contributed by atoms with van der Waals surface area (Å²) in [5.41, 5.74) is 1.15. The Balaban J connectivity index is 1.91. The summed E-state index contributed by atoms with van der Waals surface area (Å²) < 4.78 is 31.2. The molecule has 1 aliphatic heterocycles. The predicted molar refractivity (Wildman–Crippen MR) is 103 cm³/mol. The number of methoxy groups -OCH3 is 1. The molecular formula is C18H19ClN2O4S. The molecule has 2 aromatic carbocycles. The number of rotatable bonds is 4. The molecule has 1 heterocycles.